The third-order valence-corrected chi connectivity index (χ3v) is 5.20. The van der Waals surface area contributed by atoms with E-state index in [9.17, 15) is 4.79 Å². The van der Waals surface area contributed by atoms with Crippen LogP contribution >= 0.6 is 11.6 Å². The molecular weight excluding hydrogens is 310 g/mol. The van der Waals surface area contributed by atoms with Crippen LogP contribution in [0.3, 0.4) is 0 Å². The minimum Gasteiger partial charge on any atom is -0.341 e. The Morgan fingerprint density at radius 3 is 2.78 bits per heavy atom. The Hall–Kier alpha value is -1.10. The van der Waals surface area contributed by atoms with Gasteiger partial charge in [-0.2, -0.15) is 0 Å². The average molecular weight is 336 g/mol. The lowest BCUT2D eigenvalue weighted by atomic mass is 10.0. The lowest BCUT2D eigenvalue weighted by molar-refractivity contribution is -0.127. The number of hydrogen-bond donors (Lipinski definition) is 1. The Bertz CT molecular complexity index is 543. The highest BCUT2D eigenvalue weighted by molar-refractivity contribution is 6.30. The zero-order valence-electron chi connectivity index (χ0n) is 13.8. The first-order valence-corrected chi connectivity index (χ1v) is 8.95. The van der Waals surface area contributed by atoms with E-state index in [1.807, 2.05) is 23.1 Å². The highest BCUT2D eigenvalue weighted by atomic mass is 35.5. The maximum Gasteiger partial charge on any atom is 0.224 e. The molecule has 2 aliphatic rings. The van der Waals surface area contributed by atoms with Gasteiger partial charge in [0.25, 0.3) is 0 Å². The van der Waals surface area contributed by atoms with Crippen molar-refractivity contribution in [3.05, 3.63) is 34.9 Å². The third kappa shape index (κ3) is 4.69. The van der Waals surface area contributed by atoms with E-state index in [4.69, 9.17) is 11.6 Å². The number of hydrogen-bond acceptors (Lipinski definition) is 3. The van der Waals surface area contributed by atoms with Crippen LogP contribution < -0.4 is 5.32 Å². The third-order valence-electron chi connectivity index (χ3n) is 4.96. The summed E-state index contributed by atoms with van der Waals surface area (Å²) in [6.45, 7) is 3.92. The first kappa shape index (κ1) is 16.7. The molecule has 0 unspecified atom stereocenters. The monoisotopic (exact) mass is 335 g/mol. The molecule has 5 heteroatoms. The fraction of sp³-hybridized carbons (Fsp3) is 0.611. The average Bonchev–Trinajstić information content (AvgIpc) is 2.87. The van der Waals surface area contributed by atoms with Crippen LogP contribution in [0, 0.1) is 0 Å². The van der Waals surface area contributed by atoms with Crippen LogP contribution in [-0.4, -0.2) is 61.0 Å². The van der Waals surface area contributed by atoms with E-state index < -0.39 is 0 Å². The molecule has 1 aromatic rings. The number of rotatable bonds is 5. The minimum absolute atomic E-state index is 0.275. The maximum atomic E-state index is 12.2. The molecular formula is C18H26ClN3O. The molecule has 0 aliphatic carbocycles. The molecule has 2 heterocycles. The summed E-state index contributed by atoms with van der Waals surface area (Å²) in [7, 11) is 2.17. The molecule has 4 nitrogen and oxygen atoms in total. The van der Waals surface area contributed by atoms with Gasteiger partial charge < -0.3 is 15.1 Å². The van der Waals surface area contributed by atoms with Crippen molar-refractivity contribution in [2.75, 3.05) is 33.2 Å². The van der Waals surface area contributed by atoms with Crippen LogP contribution in [0.1, 0.15) is 24.8 Å². The van der Waals surface area contributed by atoms with Gasteiger partial charge >= 0.3 is 0 Å². The number of amides is 1. The predicted molar refractivity (Wildman–Crippen MR) is 93.8 cm³/mol. The largest absolute Gasteiger partial charge is 0.341 e. The van der Waals surface area contributed by atoms with Crippen molar-refractivity contribution in [1.82, 2.24) is 15.1 Å². The van der Waals surface area contributed by atoms with Crippen molar-refractivity contribution in [3.8, 4) is 0 Å². The molecule has 126 valence electrons. The van der Waals surface area contributed by atoms with Gasteiger partial charge in [0.15, 0.2) is 0 Å². The molecule has 0 saturated carbocycles. The summed E-state index contributed by atoms with van der Waals surface area (Å²) in [4.78, 5) is 16.6. The first-order valence-electron chi connectivity index (χ1n) is 8.57. The van der Waals surface area contributed by atoms with Gasteiger partial charge in [0, 0.05) is 36.6 Å². The van der Waals surface area contributed by atoms with Crippen LogP contribution in [0.25, 0.3) is 0 Å². The number of nitrogens with zero attached hydrogens (tertiary/aromatic N) is 2. The lowest BCUT2D eigenvalue weighted by Gasteiger charge is -2.31. The van der Waals surface area contributed by atoms with Gasteiger partial charge in [-0.1, -0.05) is 23.7 Å². The Labute approximate surface area is 143 Å². The first-order chi connectivity index (χ1) is 11.1. The summed E-state index contributed by atoms with van der Waals surface area (Å²) >= 11 is 6.02. The van der Waals surface area contributed by atoms with Crippen molar-refractivity contribution >= 4 is 17.5 Å². The quantitative estimate of drug-likeness (QED) is 0.895. The second kappa shape index (κ2) is 7.65. The van der Waals surface area contributed by atoms with Gasteiger partial charge in [-0.25, -0.2) is 0 Å². The van der Waals surface area contributed by atoms with Gasteiger partial charge in [-0.15, -0.1) is 0 Å². The van der Waals surface area contributed by atoms with Crippen molar-refractivity contribution in [3.63, 3.8) is 0 Å². The van der Waals surface area contributed by atoms with Crippen molar-refractivity contribution in [2.24, 2.45) is 0 Å². The Morgan fingerprint density at radius 2 is 2.04 bits per heavy atom. The molecule has 1 amide bonds. The lowest BCUT2D eigenvalue weighted by Crippen LogP contribution is -2.46. The molecule has 2 fully saturated rings. The number of piperidine rings is 1. The molecule has 3 rings (SSSR count). The molecule has 0 radical (unpaired) electrons. The Kier molecular flexibility index (Phi) is 5.57. The summed E-state index contributed by atoms with van der Waals surface area (Å²) in [5.74, 6) is 0.275. The van der Waals surface area contributed by atoms with E-state index in [1.165, 1.54) is 18.4 Å². The second-order valence-corrected chi connectivity index (χ2v) is 7.30. The van der Waals surface area contributed by atoms with E-state index in [1.54, 1.807) is 0 Å². The fourth-order valence-corrected chi connectivity index (χ4v) is 3.78. The van der Waals surface area contributed by atoms with Gasteiger partial charge in [-0.05, 0) is 57.1 Å². The normalized spacial score (nSPS) is 23.7. The van der Waals surface area contributed by atoms with Crippen LogP contribution in [0.5, 0.6) is 0 Å². The number of halogens is 1. The number of carbonyl (C=O) groups is 1. The van der Waals surface area contributed by atoms with Crippen LogP contribution in [0.15, 0.2) is 24.3 Å². The van der Waals surface area contributed by atoms with Gasteiger partial charge in [-0.3, -0.25) is 4.79 Å². The van der Waals surface area contributed by atoms with E-state index in [-0.39, 0.29) is 5.91 Å². The molecule has 23 heavy (non-hydrogen) atoms. The molecule has 0 spiro atoms. The summed E-state index contributed by atoms with van der Waals surface area (Å²) in [6.07, 6.45) is 3.88. The minimum atomic E-state index is 0.275. The van der Waals surface area contributed by atoms with Crippen LogP contribution in [0.4, 0.5) is 0 Å². The molecule has 1 atom stereocenters. The summed E-state index contributed by atoms with van der Waals surface area (Å²) < 4.78 is 0. The molecule has 2 aliphatic heterocycles. The van der Waals surface area contributed by atoms with Crippen LogP contribution in [-0.2, 0) is 11.2 Å². The summed E-state index contributed by atoms with van der Waals surface area (Å²) in [5.41, 5.74) is 1.19. The number of carbonyl (C=O) groups excluding carboxylic acids is 1. The zero-order valence-corrected chi connectivity index (χ0v) is 14.6. The Balaban J connectivity index is 1.46. The predicted octanol–water partition coefficient (Wildman–Crippen LogP) is 2.17. The molecule has 1 aromatic carbocycles. The van der Waals surface area contributed by atoms with Crippen molar-refractivity contribution in [1.29, 1.82) is 0 Å². The summed E-state index contributed by atoms with van der Waals surface area (Å²) in [5, 5.41) is 4.46. The van der Waals surface area contributed by atoms with Gasteiger partial charge in [0.2, 0.25) is 5.91 Å². The second-order valence-electron chi connectivity index (χ2n) is 6.86. The van der Waals surface area contributed by atoms with E-state index in [0.717, 1.165) is 37.6 Å². The molecule has 0 aromatic heterocycles. The van der Waals surface area contributed by atoms with Crippen LogP contribution in [0.2, 0.25) is 5.02 Å². The van der Waals surface area contributed by atoms with E-state index >= 15 is 0 Å². The molecule has 0 bridgehead atoms. The number of nitrogens with one attached hydrogen (secondary N) is 1. The maximum absolute atomic E-state index is 12.2. The van der Waals surface area contributed by atoms with Gasteiger partial charge in [0.05, 0.1) is 0 Å². The highest BCUT2D eigenvalue weighted by Crippen LogP contribution is 2.17. The Morgan fingerprint density at radius 1 is 1.26 bits per heavy atom. The van der Waals surface area contributed by atoms with E-state index in [2.05, 4.69) is 23.3 Å². The SMILES string of the molecule is CN1CCC(N[C@@H]2CC(=O)N(CCc3cccc(Cl)c3)C2)CC1. The van der Waals surface area contributed by atoms with Crippen molar-refractivity contribution in [2.45, 2.75) is 37.8 Å². The van der Waals surface area contributed by atoms with Crippen molar-refractivity contribution < 1.29 is 4.79 Å². The standard InChI is InChI=1S/C18H26ClN3O/c1-21-8-6-16(7-9-21)20-17-12-18(23)22(13-17)10-5-14-3-2-4-15(19)11-14/h2-4,11,16-17,20H,5-10,12-13H2,1H3/t17-/m1/s1. The highest BCUT2D eigenvalue weighted by Gasteiger charge is 2.31. The molecule has 2 saturated heterocycles. The number of likely N-dealkylation sites (tertiary alicyclic amines) is 2. The fourth-order valence-electron chi connectivity index (χ4n) is 3.57. The molecule has 1 N–H and O–H groups in total. The smallest absolute Gasteiger partial charge is 0.224 e. The number of benzene rings is 1. The zero-order chi connectivity index (χ0) is 16.2. The summed E-state index contributed by atoms with van der Waals surface area (Å²) in [6, 6.07) is 8.78. The topological polar surface area (TPSA) is 35.6 Å². The van der Waals surface area contributed by atoms with Gasteiger partial charge in [0.1, 0.15) is 0 Å². The van der Waals surface area contributed by atoms with E-state index in [0.29, 0.717) is 18.5 Å².